The smallest absolute Gasteiger partial charge is 0.407 e. The molecule has 2 saturated heterocycles. The number of carbonyl (C=O) groups excluding carboxylic acids is 1. The molecule has 1 amide bonds. The summed E-state index contributed by atoms with van der Waals surface area (Å²) in [6.07, 6.45) is 8.89. The van der Waals surface area contributed by atoms with Crippen molar-refractivity contribution < 1.29 is 19.4 Å². The van der Waals surface area contributed by atoms with Gasteiger partial charge in [-0.2, -0.15) is 0 Å². The van der Waals surface area contributed by atoms with E-state index in [1.807, 2.05) is 13.0 Å². The Morgan fingerprint density at radius 2 is 2.15 bits per heavy atom. The number of carboxylic acid groups (broad SMARTS) is 1. The average Bonchev–Trinajstić information content (AvgIpc) is 2.63. The minimum absolute atomic E-state index is 0.0175. The van der Waals surface area contributed by atoms with Crippen molar-refractivity contribution in [2.45, 2.75) is 76.8 Å². The molecule has 2 unspecified atom stereocenters. The number of nitrogens with zero attached hydrogens (tertiary/aromatic N) is 1. The highest BCUT2D eigenvalue weighted by molar-refractivity contribution is 5.66. The molecule has 2 rings (SSSR count). The maximum atomic E-state index is 11.8. The highest BCUT2D eigenvalue weighted by atomic mass is 16.5. The molecule has 0 spiro atoms. The SMILES string of the molecule is C=CC[C@@H]1O[C@H](C)[C@H](NC2CC[C@@H](C(C)C=CC=O)N(C(=O)O)C2)C[C@@H]1C. The summed E-state index contributed by atoms with van der Waals surface area (Å²) >= 11 is 0. The van der Waals surface area contributed by atoms with E-state index in [-0.39, 0.29) is 36.3 Å². The first kappa shape index (κ1) is 21.6. The minimum atomic E-state index is -0.898. The fourth-order valence-corrected chi connectivity index (χ4v) is 4.45. The fourth-order valence-electron chi connectivity index (χ4n) is 4.45. The maximum absolute atomic E-state index is 11.8. The maximum Gasteiger partial charge on any atom is 0.407 e. The van der Waals surface area contributed by atoms with Gasteiger partial charge in [0, 0.05) is 24.7 Å². The van der Waals surface area contributed by atoms with Crippen LogP contribution in [0.1, 0.15) is 46.5 Å². The fraction of sp³-hybridized carbons (Fsp3) is 0.714. The third-order valence-electron chi connectivity index (χ3n) is 6.04. The normalized spacial score (nSPS) is 35.7. The molecule has 0 aromatic carbocycles. The zero-order chi connectivity index (χ0) is 20.0. The Labute approximate surface area is 162 Å². The third kappa shape index (κ3) is 5.66. The third-order valence-corrected chi connectivity index (χ3v) is 6.04. The van der Waals surface area contributed by atoms with Crippen LogP contribution in [0, 0.1) is 11.8 Å². The van der Waals surface area contributed by atoms with E-state index >= 15 is 0 Å². The average molecular weight is 379 g/mol. The summed E-state index contributed by atoms with van der Waals surface area (Å²) in [5, 5.41) is 13.3. The lowest BCUT2D eigenvalue weighted by Gasteiger charge is -2.44. The molecule has 0 aromatic heterocycles. The highest BCUT2D eigenvalue weighted by Gasteiger charge is 2.38. The number of ether oxygens (including phenoxy) is 1. The molecule has 6 heteroatoms. The first-order chi connectivity index (χ1) is 12.9. The number of rotatable bonds is 7. The number of amides is 1. The molecule has 27 heavy (non-hydrogen) atoms. The summed E-state index contributed by atoms with van der Waals surface area (Å²) in [7, 11) is 0. The van der Waals surface area contributed by atoms with Crippen LogP contribution in [-0.4, -0.2) is 59.3 Å². The first-order valence-corrected chi connectivity index (χ1v) is 10.0. The quantitative estimate of drug-likeness (QED) is 0.404. The number of hydrogen-bond donors (Lipinski definition) is 2. The van der Waals surface area contributed by atoms with E-state index in [0.29, 0.717) is 12.5 Å². The van der Waals surface area contributed by atoms with Gasteiger partial charge in [-0.15, -0.1) is 6.58 Å². The van der Waals surface area contributed by atoms with Crippen molar-refractivity contribution in [3.63, 3.8) is 0 Å². The van der Waals surface area contributed by atoms with E-state index in [1.165, 1.54) is 11.0 Å². The lowest BCUT2D eigenvalue weighted by Crippen LogP contribution is -2.59. The van der Waals surface area contributed by atoms with Gasteiger partial charge in [0.25, 0.3) is 0 Å². The van der Waals surface area contributed by atoms with Gasteiger partial charge in [-0.05, 0) is 50.5 Å². The van der Waals surface area contributed by atoms with E-state index in [1.54, 1.807) is 6.08 Å². The number of piperidine rings is 1. The second-order valence-electron chi connectivity index (χ2n) is 8.05. The molecule has 0 saturated carbocycles. The molecule has 6 nitrogen and oxygen atoms in total. The van der Waals surface area contributed by atoms with Gasteiger partial charge < -0.3 is 20.1 Å². The molecule has 7 atom stereocenters. The number of likely N-dealkylation sites (tertiary alicyclic amines) is 1. The lowest BCUT2D eigenvalue weighted by atomic mass is 9.86. The highest BCUT2D eigenvalue weighted by Crippen LogP contribution is 2.30. The van der Waals surface area contributed by atoms with Crippen molar-refractivity contribution in [3.05, 3.63) is 24.8 Å². The van der Waals surface area contributed by atoms with Crippen LogP contribution in [0.25, 0.3) is 0 Å². The van der Waals surface area contributed by atoms with E-state index in [0.717, 1.165) is 32.0 Å². The van der Waals surface area contributed by atoms with E-state index < -0.39 is 6.09 Å². The van der Waals surface area contributed by atoms with Gasteiger partial charge in [0.1, 0.15) is 6.29 Å². The lowest BCUT2D eigenvalue weighted by molar-refractivity contribution is -0.104. The summed E-state index contributed by atoms with van der Waals surface area (Å²) in [6.45, 7) is 10.5. The van der Waals surface area contributed by atoms with Crippen LogP contribution in [0.5, 0.6) is 0 Å². The zero-order valence-corrected chi connectivity index (χ0v) is 16.7. The van der Waals surface area contributed by atoms with Crippen LogP contribution in [0.15, 0.2) is 24.8 Å². The predicted octanol–water partition coefficient (Wildman–Crippen LogP) is 3.24. The molecular formula is C21H34N2O4. The monoisotopic (exact) mass is 378 g/mol. The molecule has 0 aromatic rings. The van der Waals surface area contributed by atoms with Gasteiger partial charge in [-0.25, -0.2) is 4.79 Å². The van der Waals surface area contributed by atoms with Gasteiger partial charge in [0.2, 0.25) is 0 Å². The Kier molecular flexibility index (Phi) is 8.05. The molecule has 2 N–H and O–H groups in total. The Morgan fingerprint density at radius 3 is 2.78 bits per heavy atom. The molecule has 2 aliphatic heterocycles. The number of hydrogen-bond acceptors (Lipinski definition) is 4. The predicted molar refractivity (Wildman–Crippen MR) is 106 cm³/mol. The second-order valence-corrected chi connectivity index (χ2v) is 8.05. The summed E-state index contributed by atoms with van der Waals surface area (Å²) in [5.41, 5.74) is 0. The van der Waals surface area contributed by atoms with E-state index in [2.05, 4.69) is 25.7 Å². The Morgan fingerprint density at radius 1 is 1.41 bits per heavy atom. The van der Waals surface area contributed by atoms with Crippen LogP contribution in [0.2, 0.25) is 0 Å². The van der Waals surface area contributed by atoms with E-state index in [9.17, 15) is 14.7 Å². The molecular weight excluding hydrogens is 344 g/mol. The summed E-state index contributed by atoms with van der Waals surface area (Å²) < 4.78 is 6.17. The Bertz CT molecular complexity index is 550. The molecule has 2 heterocycles. The molecule has 0 radical (unpaired) electrons. The largest absolute Gasteiger partial charge is 0.465 e. The van der Waals surface area contributed by atoms with Crippen molar-refractivity contribution in [1.82, 2.24) is 10.2 Å². The van der Waals surface area contributed by atoms with Gasteiger partial charge in [-0.3, -0.25) is 4.79 Å². The molecule has 0 bridgehead atoms. The van der Waals surface area contributed by atoms with Crippen LogP contribution < -0.4 is 5.32 Å². The molecule has 2 fully saturated rings. The van der Waals surface area contributed by atoms with Crippen molar-refractivity contribution in [2.75, 3.05) is 6.54 Å². The summed E-state index contributed by atoms with van der Waals surface area (Å²) in [6, 6.07) is 0.261. The standard InChI is InChI=1S/C21H34N2O4/c1-5-7-20-15(3)12-18(16(4)27-20)22-17-9-10-19(14(2)8-6-11-24)23(13-17)21(25)26/h5-6,8,11,14-20,22H,1,7,9-10,12-13H2,2-4H3,(H,25,26)/t14?,15-,16+,17?,18+,19-,20-/m0/s1. The Balaban J connectivity index is 1.97. The Hall–Kier alpha value is -1.66. The van der Waals surface area contributed by atoms with Crippen molar-refractivity contribution in [3.8, 4) is 0 Å². The summed E-state index contributed by atoms with van der Waals surface area (Å²) in [4.78, 5) is 23.9. The molecule has 0 aliphatic carbocycles. The van der Waals surface area contributed by atoms with Gasteiger partial charge in [0.15, 0.2) is 0 Å². The van der Waals surface area contributed by atoms with Gasteiger partial charge >= 0.3 is 6.09 Å². The van der Waals surface area contributed by atoms with Crippen molar-refractivity contribution in [1.29, 1.82) is 0 Å². The first-order valence-electron chi connectivity index (χ1n) is 10.0. The number of nitrogens with one attached hydrogen (secondary N) is 1. The van der Waals surface area contributed by atoms with Crippen LogP contribution in [-0.2, 0) is 9.53 Å². The van der Waals surface area contributed by atoms with Crippen LogP contribution >= 0.6 is 0 Å². The van der Waals surface area contributed by atoms with E-state index in [4.69, 9.17) is 4.74 Å². The minimum Gasteiger partial charge on any atom is -0.465 e. The number of allylic oxidation sites excluding steroid dienone is 1. The van der Waals surface area contributed by atoms with Crippen LogP contribution in [0.3, 0.4) is 0 Å². The van der Waals surface area contributed by atoms with Gasteiger partial charge in [-0.1, -0.05) is 26.0 Å². The van der Waals surface area contributed by atoms with Crippen LogP contribution in [0.4, 0.5) is 4.79 Å². The second kappa shape index (κ2) is 10.0. The van der Waals surface area contributed by atoms with Crippen molar-refractivity contribution >= 4 is 12.4 Å². The molecule has 2 aliphatic rings. The molecule has 152 valence electrons. The van der Waals surface area contributed by atoms with Crippen molar-refractivity contribution in [2.24, 2.45) is 11.8 Å². The summed E-state index contributed by atoms with van der Waals surface area (Å²) in [5.74, 6) is 0.459. The van der Waals surface area contributed by atoms with Gasteiger partial charge in [0.05, 0.1) is 12.2 Å². The topological polar surface area (TPSA) is 78.9 Å². The number of carbonyl (C=O) groups is 2. The zero-order valence-electron chi connectivity index (χ0n) is 16.7. The number of aldehydes is 1.